The van der Waals surface area contributed by atoms with Crippen molar-refractivity contribution in [3.05, 3.63) is 120 Å². The van der Waals surface area contributed by atoms with E-state index in [-0.39, 0.29) is 0 Å². The molecule has 0 saturated carbocycles. The number of ether oxygens (including phenoxy) is 3. The number of fused-ring (bicyclic) bond motifs is 6. The van der Waals surface area contributed by atoms with Crippen molar-refractivity contribution in [3.63, 3.8) is 0 Å². The summed E-state index contributed by atoms with van der Waals surface area (Å²) in [5.74, 6) is 5.81. The van der Waals surface area contributed by atoms with E-state index in [2.05, 4.69) is 118 Å². The normalized spacial score (nSPS) is 15.9. The molecular formula is C42H35O3P3. The molecule has 236 valence electrons. The van der Waals surface area contributed by atoms with Gasteiger partial charge in [0.15, 0.2) is 0 Å². The number of unbranched alkanes of at least 4 members (excludes halogenated alkanes) is 1. The van der Waals surface area contributed by atoms with Crippen LogP contribution in [0.25, 0.3) is 22.3 Å². The molecule has 6 aromatic rings. The molecule has 0 radical (unpaired) electrons. The topological polar surface area (TPSA) is 27.7 Å². The Balaban J connectivity index is 1.23. The van der Waals surface area contributed by atoms with Crippen molar-refractivity contribution in [2.24, 2.45) is 0 Å². The summed E-state index contributed by atoms with van der Waals surface area (Å²) >= 11 is 0. The molecule has 0 aliphatic carbocycles. The zero-order valence-electron chi connectivity index (χ0n) is 27.2. The highest BCUT2D eigenvalue weighted by Gasteiger charge is 2.34. The molecule has 0 saturated heterocycles. The number of rotatable bonds is 5. The zero-order chi connectivity index (χ0) is 32.4. The van der Waals surface area contributed by atoms with Crippen LogP contribution in [0.4, 0.5) is 0 Å². The van der Waals surface area contributed by atoms with Crippen LogP contribution in [0, 0.1) is 13.8 Å². The molecule has 3 aliphatic rings. The molecule has 0 amide bonds. The Hall–Kier alpha value is -3.99. The summed E-state index contributed by atoms with van der Waals surface area (Å²) in [7, 11) is 0.374. The van der Waals surface area contributed by atoms with Crippen molar-refractivity contribution < 1.29 is 14.2 Å². The number of para-hydroxylation sites is 2. The Morgan fingerprint density at radius 3 is 1.50 bits per heavy atom. The first-order valence-corrected chi connectivity index (χ1v) is 20.2. The van der Waals surface area contributed by atoms with Crippen LogP contribution in [0.3, 0.4) is 0 Å². The van der Waals surface area contributed by atoms with Gasteiger partial charge in [0.25, 0.3) is 0 Å². The predicted octanol–water partition coefficient (Wildman–Crippen LogP) is 9.45. The number of hydrogen-bond donors (Lipinski definition) is 0. The van der Waals surface area contributed by atoms with E-state index in [0.29, 0.717) is 17.2 Å². The molecule has 6 aromatic carbocycles. The summed E-state index contributed by atoms with van der Waals surface area (Å²) in [6, 6.07) is 39.2. The Kier molecular flexibility index (Phi) is 7.62. The maximum absolute atomic E-state index is 7.33. The van der Waals surface area contributed by atoms with Gasteiger partial charge in [0.05, 0.1) is 0 Å². The quantitative estimate of drug-likeness (QED) is 0.170. The summed E-state index contributed by atoms with van der Waals surface area (Å²) < 4.78 is 20.3. The molecule has 9 rings (SSSR count). The van der Waals surface area contributed by atoms with E-state index in [4.69, 9.17) is 14.2 Å². The van der Waals surface area contributed by atoms with Crippen LogP contribution in [-0.2, 0) is 0 Å². The third-order valence-corrected chi connectivity index (χ3v) is 14.8. The van der Waals surface area contributed by atoms with Crippen LogP contribution in [0.1, 0.15) is 30.9 Å². The minimum atomic E-state index is -0.645. The Labute approximate surface area is 287 Å². The van der Waals surface area contributed by atoms with Crippen molar-refractivity contribution in [2.45, 2.75) is 33.6 Å². The molecule has 0 spiro atoms. The number of hydrogen-bond acceptors (Lipinski definition) is 3. The van der Waals surface area contributed by atoms with Crippen LogP contribution < -0.4 is 46.0 Å². The number of benzene rings is 6. The fourth-order valence-electron chi connectivity index (χ4n) is 7.08. The first-order chi connectivity index (χ1) is 23.6. The van der Waals surface area contributed by atoms with Gasteiger partial charge in [-0.2, -0.15) is 0 Å². The maximum atomic E-state index is 7.33. The minimum Gasteiger partial charge on any atom is -0.456 e. The lowest BCUT2D eigenvalue weighted by Crippen LogP contribution is -2.26. The molecule has 48 heavy (non-hydrogen) atoms. The molecule has 3 heterocycles. The summed E-state index contributed by atoms with van der Waals surface area (Å²) in [4.78, 5) is 0. The second kappa shape index (κ2) is 12.2. The van der Waals surface area contributed by atoms with Gasteiger partial charge in [0, 0.05) is 43.0 Å². The van der Waals surface area contributed by atoms with E-state index in [1.807, 2.05) is 12.1 Å². The monoisotopic (exact) mass is 680 g/mol. The van der Waals surface area contributed by atoms with E-state index in [0.717, 1.165) is 58.2 Å². The lowest BCUT2D eigenvalue weighted by molar-refractivity contribution is 0.487. The van der Waals surface area contributed by atoms with E-state index in [1.54, 1.807) is 0 Å². The van der Waals surface area contributed by atoms with Gasteiger partial charge >= 0.3 is 0 Å². The Morgan fingerprint density at radius 2 is 1.00 bits per heavy atom. The van der Waals surface area contributed by atoms with Crippen molar-refractivity contribution in [2.75, 3.05) is 6.16 Å². The minimum absolute atomic E-state index is 0.509. The van der Waals surface area contributed by atoms with Gasteiger partial charge in [-0.1, -0.05) is 91.2 Å². The second-order valence-corrected chi connectivity index (χ2v) is 17.6. The Bertz CT molecular complexity index is 2100. The Morgan fingerprint density at radius 1 is 0.521 bits per heavy atom. The molecular weight excluding hydrogens is 645 g/mol. The van der Waals surface area contributed by atoms with Crippen LogP contribution >= 0.6 is 25.1 Å². The van der Waals surface area contributed by atoms with Gasteiger partial charge in [-0.3, -0.25) is 0 Å². The molecule has 3 nitrogen and oxygen atoms in total. The molecule has 2 atom stereocenters. The average Bonchev–Trinajstić information content (AvgIpc) is 3.11. The van der Waals surface area contributed by atoms with Crippen molar-refractivity contribution in [1.82, 2.24) is 0 Å². The standard InChI is InChI=1S/C42H35O3P3/c1-4-5-20-48-37-23-25(2)21-29(27-12-10-16-33-41(27)46-35-18-8-6-14-31(35)43-33)39(37)45-40-30(22-26(3)24-38(40)48)28-13-11-17-34-42(28)47-36-19-9-7-15-32(36)44-34/h6-19,21-24,46-47H,4-5,20H2,1-3H3. The molecule has 3 aliphatic heterocycles. The lowest BCUT2D eigenvalue weighted by atomic mass is 10.00. The van der Waals surface area contributed by atoms with E-state index < -0.39 is 7.92 Å². The van der Waals surface area contributed by atoms with Crippen molar-refractivity contribution in [3.8, 4) is 56.8 Å². The summed E-state index contributed by atoms with van der Waals surface area (Å²) in [5.41, 5.74) is 7.25. The molecule has 0 bridgehead atoms. The summed E-state index contributed by atoms with van der Waals surface area (Å²) in [6.45, 7) is 6.75. The van der Waals surface area contributed by atoms with Crippen LogP contribution in [0.2, 0.25) is 0 Å². The first kappa shape index (κ1) is 30.1. The van der Waals surface area contributed by atoms with Gasteiger partial charge in [-0.15, -0.1) is 0 Å². The van der Waals surface area contributed by atoms with Crippen molar-refractivity contribution >= 4 is 56.9 Å². The molecule has 0 aromatic heterocycles. The first-order valence-electron chi connectivity index (χ1n) is 16.6. The van der Waals surface area contributed by atoms with Crippen LogP contribution in [0.15, 0.2) is 109 Å². The van der Waals surface area contributed by atoms with E-state index in [9.17, 15) is 0 Å². The largest absolute Gasteiger partial charge is 0.456 e. The van der Waals surface area contributed by atoms with Gasteiger partial charge in [-0.25, -0.2) is 0 Å². The van der Waals surface area contributed by atoms with Gasteiger partial charge in [0.2, 0.25) is 0 Å². The molecule has 2 unspecified atom stereocenters. The van der Waals surface area contributed by atoms with Crippen LogP contribution in [-0.4, -0.2) is 6.16 Å². The number of aryl methyl sites for hydroxylation is 2. The molecule has 6 heteroatoms. The van der Waals surface area contributed by atoms with Crippen molar-refractivity contribution in [1.29, 1.82) is 0 Å². The third kappa shape index (κ3) is 5.07. The second-order valence-electron chi connectivity index (χ2n) is 12.7. The maximum Gasteiger partial charge on any atom is 0.143 e. The highest BCUT2D eigenvalue weighted by molar-refractivity contribution is 7.73. The average molecular weight is 681 g/mol. The summed E-state index contributed by atoms with van der Waals surface area (Å²) in [5, 5.41) is 7.68. The lowest BCUT2D eigenvalue weighted by Gasteiger charge is -2.33. The van der Waals surface area contributed by atoms with Gasteiger partial charge in [0.1, 0.15) is 34.5 Å². The van der Waals surface area contributed by atoms with Gasteiger partial charge in [-0.05, 0) is 105 Å². The molecule has 0 N–H and O–H groups in total. The third-order valence-electron chi connectivity index (χ3n) is 9.31. The fraction of sp³-hybridized carbons (Fsp3) is 0.143. The smallest absolute Gasteiger partial charge is 0.143 e. The van der Waals surface area contributed by atoms with Gasteiger partial charge < -0.3 is 14.2 Å². The predicted molar refractivity (Wildman–Crippen MR) is 207 cm³/mol. The SMILES string of the molecule is CCCCP1c2cc(C)cc(-c3cccc4c3Pc3ccccc3O4)c2Oc2c(-c3cccc4c3Pc3ccccc3O4)cc(C)cc21. The molecule has 0 fully saturated rings. The highest BCUT2D eigenvalue weighted by Crippen LogP contribution is 2.53. The highest BCUT2D eigenvalue weighted by atomic mass is 31.1. The van der Waals surface area contributed by atoms with E-state index in [1.165, 1.54) is 60.5 Å². The zero-order valence-corrected chi connectivity index (χ0v) is 30.1. The fourth-order valence-corrected chi connectivity index (χ4v) is 12.6. The van der Waals surface area contributed by atoms with Crippen LogP contribution in [0.5, 0.6) is 34.5 Å². The summed E-state index contributed by atoms with van der Waals surface area (Å²) in [6.07, 6.45) is 3.48. The van der Waals surface area contributed by atoms with E-state index >= 15 is 0 Å².